The first kappa shape index (κ1) is 12.2. The summed E-state index contributed by atoms with van der Waals surface area (Å²) >= 11 is 0. The fourth-order valence-electron chi connectivity index (χ4n) is 2.55. The molecule has 3 N–H and O–H groups in total. The number of hydrogen-bond acceptors (Lipinski definition) is 5. The van der Waals surface area contributed by atoms with Gasteiger partial charge in [-0.15, -0.1) is 5.10 Å². The Morgan fingerprint density at radius 1 is 1.53 bits per heavy atom. The molecule has 1 aliphatic rings. The molecule has 1 unspecified atom stereocenters. The fraction of sp³-hybridized carbons (Fsp3) is 0.583. The van der Waals surface area contributed by atoms with Gasteiger partial charge in [0.15, 0.2) is 5.82 Å². The van der Waals surface area contributed by atoms with E-state index in [2.05, 4.69) is 25.2 Å². The molecule has 0 radical (unpaired) electrons. The number of nitrogens with one attached hydrogen (secondary N) is 1. The van der Waals surface area contributed by atoms with Crippen molar-refractivity contribution < 1.29 is 0 Å². The maximum atomic E-state index is 5.76. The van der Waals surface area contributed by atoms with E-state index in [-0.39, 0.29) is 0 Å². The first-order valence-corrected chi connectivity index (χ1v) is 6.63. The second-order valence-electron chi connectivity index (χ2n) is 5.01. The number of piperidine rings is 1. The standard InChI is InChI=1S/C12H19N7/c1-18-10(4-5-14-18)11-15-12(17-16-11)19-6-2-3-9(7-13)8-19/h4-5,9H,2-3,6-8,13H2,1H3,(H,15,16,17). The highest BCUT2D eigenvalue weighted by atomic mass is 15.4. The first-order chi connectivity index (χ1) is 9.28. The summed E-state index contributed by atoms with van der Waals surface area (Å²) in [4.78, 5) is 6.77. The van der Waals surface area contributed by atoms with Gasteiger partial charge >= 0.3 is 0 Å². The van der Waals surface area contributed by atoms with Gasteiger partial charge in [-0.25, -0.2) is 0 Å². The number of hydrogen-bond donors (Lipinski definition) is 2. The van der Waals surface area contributed by atoms with Crippen molar-refractivity contribution in [1.82, 2.24) is 25.0 Å². The Hall–Kier alpha value is -1.89. The van der Waals surface area contributed by atoms with E-state index in [1.165, 1.54) is 6.42 Å². The number of rotatable bonds is 3. The molecule has 1 atom stereocenters. The van der Waals surface area contributed by atoms with Crippen LogP contribution in [0.25, 0.3) is 11.5 Å². The second kappa shape index (κ2) is 5.00. The Morgan fingerprint density at radius 3 is 3.16 bits per heavy atom. The van der Waals surface area contributed by atoms with E-state index in [1.54, 1.807) is 10.9 Å². The largest absolute Gasteiger partial charge is 0.339 e. The van der Waals surface area contributed by atoms with Crippen molar-refractivity contribution in [3.63, 3.8) is 0 Å². The van der Waals surface area contributed by atoms with Crippen molar-refractivity contribution in [1.29, 1.82) is 0 Å². The SMILES string of the molecule is Cn1nccc1-c1nc(N2CCCC(CN)C2)n[nH]1. The van der Waals surface area contributed by atoms with Crippen LogP contribution < -0.4 is 10.6 Å². The van der Waals surface area contributed by atoms with Gasteiger partial charge in [0.2, 0.25) is 5.95 Å². The van der Waals surface area contributed by atoms with Crippen molar-refractivity contribution in [2.75, 3.05) is 24.5 Å². The van der Waals surface area contributed by atoms with Crippen LogP contribution in [-0.2, 0) is 7.05 Å². The Bertz CT molecular complexity index is 544. The summed E-state index contributed by atoms with van der Waals surface area (Å²) in [7, 11) is 1.89. The minimum atomic E-state index is 0.549. The van der Waals surface area contributed by atoms with Gasteiger partial charge in [0.25, 0.3) is 0 Å². The lowest BCUT2D eigenvalue weighted by molar-refractivity contribution is 0.420. The van der Waals surface area contributed by atoms with Crippen molar-refractivity contribution >= 4 is 5.95 Å². The van der Waals surface area contributed by atoms with Gasteiger partial charge in [0.05, 0.1) is 0 Å². The Labute approximate surface area is 111 Å². The third-order valence-corrected chi connectivity index (χ3v) is 3.67. The molecule has 2 aromatic rings. The summed E-state index contributed by atoms with van der Waals surface area (Å²) in [6.07, 6.45) is 4.10. The van der Waals surface area contributed by atoms with Gasteiger partial charge in [-0.05, 0) is 31.4 Å². The number of nitrogens with two attached hydrogens (primary N) is 1. The zero-order chi connectivity index (χ0) is 13.2. The van der Waals surface area contributed by atoms with Crippen LogP contribution >= 0.6 is 0 Å². The van der Waals surface area contributed by atoms with Crippen LogP contribution in [0.3, 0.4) is 0 Å². The zero-order valence-electron chi connectivity index (χ0n) is 11.1. The second-order valence-corrected chi connectivity index (χ2v) is 5.01. The van der Waals surface area contributed by atoms with Crippen molar-refractivity contribution in [2.45, 2.75) is 12.8 Å². The summed E-state index contributed by atoms with van der Waals surface area (Å²) in [5, 5.41) is 11.4. The van der Waals surface area contributed by atoms with E-state index < -0.39 is 0 Å². The van der Waals surface area contributed by atoms with Crippen LogP contribution in [0, 0.1) is 5.92 Å². The molecule has 19 heavy (non-hydrogen) atoms. The molecule has 0 spiro atoms. The molecule has 0 bridgehead atoms. The van der Waals surface area contributed by atoms with E-state index in [0.717, 1.165) is 43.5 Å². The number of nitrogens with zero attached hydrogens (tertiary/aromatic N) is 5. The van der Waals surface area contributed by atoms with Crippen molar-refractivity contribution in [2.24, 2.45) is 18.7 Å². The molecule has 7 nitrogen and oxygen atoms in total. The molecule has 3 heterocycles. The van der Waals surface area contributed by atoms with E-state index >= 15 is 0 Å². The summed E-state index contributed by atoms with van der Waals surface area (Å²) in [6.45, 7) is 2.67. The van der Waals surface area contributed by atoms with Crippen LogP contribution in [-0.4, -0.2) is 44.6 Å². The highest BCUT2D eigenvalue weighted by molar-refractivity contribution is 5.51. The van der Waals surface area contributed by atoms with Gasteiger partial charge in [0.1, 0.15) is 5.69 Å². The molecule has 0 aliphatic carbocycles. The summed E-state index contributed by atoms with van der Waals surface area (Å²) < 4.78 is 1.78. The zero-order valence-corrected chi connectivity index (χ0v) is 11.1. The quantitative estimate of drug-likeness (QED) is 0.834. The van der Waals surface area contributed by atoms with Gasteiger partial charge < -0.3 is 10.6 Å². The van der Waals surface area contributed by atoms with E-state index in [4.69, 9.17) is 5.73 Å². The monoisotopic (exact) mass is 261 g/mol. The summed E-state index contributed by atoms with van der Waals surface area (Å²) in [6, 6.07) is 1.92. The molecule has 0 amide bonds. The average molecular weight is 261 g/mol. The molecular formula is C12H19N7. The number of H-pyrrole nitrogens is 1. The molecule has 0 aromatic carbocycles. The van der Waals surface area contributed by atoms with Gasteiger partial charge in [-0.2, -0.15) is 10.1 Å². The summed E-state index contributed by atoms with van der Waals surface area (Å²) in [5.74, 6) is 2.06. The van der Waals surface area contributed by atoms with Gasteiger partial charge in [-0.3, -0.25) is 9.78 Å². The molecule has 0 saturated carbocycles. The average Bonchev–Trinajstić information content (AvgIpc) is 3.07. The molecule has 1 fully saturated rings. The number of anilines is 1. The highest BCUT2D eigenvalue weighted by Crippen LogP contribution is 2.21. The third kappa shape index (κ3) is 2.33. The lowest BCUT2D eigenvalue weighted by Gasteiger charge is -2.31. The maximum absolute atomic E-state index is 5.76. The normalized spacial score (nSPS) is 19.9. The van der Waals surface area contributed by atoms with Crippen LogP contribution in [0.1, 0.15) is 12.8 Å². The maximum Gasteiger partial charge on any atom is 0.245 e. The third-order valence-electron chi connectivity index (χ3n) is 3.67. The lowest BCUT2D eigenvalue weighted by Crippen LogP contribution is -2.38. The van der Waals surface area contributed by atoms with E-state index in [9.17, 15) is 0 Å². The Balaban J connectivity index is 1.79. The Kier molecular flexibility index (Phi) is 3.20. The van der Waals surface area contributed by atoms with E-state index in [1.807, 2.05) is 13.1 Å². The molecule has 1 aliphatic heterocycles. The smallest absolute Gasteiger partial charge is 0.245 e. The topological polar surface area (TPSA) is 88.7 Å². The molecule has 3 rings (SSSR count). The first-order valence-electron chi connectivity index (χ1n) is 6.63. The lowest BCUT2D eigenvalue weighted by atomic mass is 9.99. The van der Waals surface area contributed by atoms with Crippen LogP contribution in [0.4, 0.5) is 5.95 Å². The van der Waals surface area contributed by atoms with Crippen molar-refractivity contribution in [3.05, 3.63) is 12.3 Å². The molecule has 1 saturated heterocycles. The van der Waals surface area contributed by atoms with Crippen LogP contribution in [0.15, 0.2) is 12.3 Å². The molecule has 7 heteroatoms. The van der Waals surface area contributed by atoms with E-state index in [0.29, 0.717) is 5.92 Å². The molecule has 102 valence electrons. The van der Waals surface area contributed by atoms with Crippen LogP contribution in [0.5, 0.6) is 0 Å². The minimum Gasteiger partial charge on any atom is -0.339 e. The number of aryl methyl sites for hydroxylation is 1. The van der Waals surface area contributed by atoms with Crippen molar-refractivity contribution in [3.8, 4) is 11.5 Å². The summed E-state index contributed by atoms with van der Waals surface area (Å²) in [5.41, 5.74) is 6.70. The van der Waals surface area contributed by atoms with Crippen LogP contribution in [0.2, 0.25) is 0 Å². The Morgan fingerprint density at radius 2 is 2.42 bits per heavy atom. The minimum absolute atomic E-state index is 0.549. The molecule has 2 aromatic heterocycles. The molecular weight excluding hydrogens is 242 g/mol. The highest BCUT2D eigenvalue weighted by Gasteiger charge is 2.22. The van der Waals surface area contributed by atoms with Gasteiger partial charge in [-0.1, -0.05) is 0 Å². The number of aromatic nitrogens is 5. The predicted molar refractivity (Wildman–Crippen MR) is 72.6 cm³/mol. The predicted octanol–water partition coefficient (Wildman–Crippen LogP) is 0.380. The fourth-order valence-corrected chi connectivity index (χ4v) is 2.55. The van der Waals surface area contributed by atoms with Gasteiger partial charge in [0, 0.05) is 26.3 Å². The number of aromatic amines is 1.